The van der Waals surface area contributed by atoms with Gasteiger partial charge < -0.3 is 9.88 Å². The summed E-state index contributed by atoms with van der Waals surface area (Å²) < 4.78 is 3.97. The molecule has 0 aromatic carbocycles. The van der Waals surface area contributed by atoms with E-state index in [1.807, 2.05) is 24.3 Å². The number of aromatic nitrogens is 4. The molecule has 0 atom stereocenters. The highest BCUT2D eigenvalue weighted by molar-refractivity contribution is 5.23. The lowest BCUT2D eigenvalue weighted by atomic mass is 9.89. The molecule has 2 rings (SSSR count). The summed E-state index contributed by atoms with van der Waals surface area (Å²) in [5, 5.41) is 8.04. The molecule has 0 aliphatic rings. The Bertz CT molecular complexity index is 504. The molecule has 104 valence electrons. The van der Waals surface area contributed by atoms with E-state index in [0.717, 1.165) is 19.6 Å². The minimum Gasteiger partial charge on any atom is -0.336 e. The number of hydrogen-bond acceptors (Lipinski definition) is 3. The van der Waals surface area contributed by atoms with Crippen molar-refractivity contribution in [3.05, 3.63) is 36.2 Å². The molecular formula is C14H23N5. The summed E-state index contributed by atoms with van der Waals surface area (Å²) in [4.78, 5) is 4.03. The van der Waals surface area contributed by atoms with Gasteiger partial charge in [0.25, 0.3) is 0 Å². The summed E-state index contributed by atoms with van der Waals surface area (Å²) in [5.74, 6) is 0. The number of imidazole rings is 1. The van der Waals surface area contributed by atoms with Crippen molar-refractivity contribution in [3.63, 3.8) is 0 Å². The summed E-state index contributed by atoms with van der Waals surface area (Å²) in [5.41, 5.74) is 2.54. The van der Waals surface area contributed by atoms with Gasteiger partial charge in [0.1, 0.15) is 0 Å². The lowest BCUT2D eigenvalue weighted by molar-refractivity contribution is 0.539. The first-order valence-electron chi connectivity index (χ1n) is 6.66. The fourth-order valence-electron chi connectivity index (χ4n) is 2.15. The second kappa shape index (κ2) is 5.57. The Hall–Kier alpha value is -1.62. The van der Waals surface area contributed by atoms with Crippen LogP contribution in [-0.2, 0) is 25.6 Å². The third kappa shape index (κ3) is 3.67. The molecule has 2 heterocycles. The van der Waals surface area contributed by atoms with E-state index in [0.29, 0.717) is 0 Å². The standard InChI is InChI=1S/C14H23N5/c1-14(2,3)13-12(10-18(4)17-13)9-15-5-7-19-8-6-16-11-19/h6,8,10-11,15H,5,7,9H2,1-4H3. The Kier molecular flexibility index (Phi) is 4.04. The zero-order chi connectivity index (χ0) is 13.9. The molecule has 0 spiro atoms. The third-order valence-corrected chi connectivity index (χ3v) is 3.04. The Morgan fingerprint density at radius 2 is 2.11 bits per heavy atom. The SMILES string of the molecule is Cn1cc(CNCCn2ccnc2)c(C(C)(C)C)n1. The van der Waals surface area contributed by atoms with Gasteiger partial charge in [0.2, 0.25) is 0 Å². The van der Waals surface area contributed by atoms with Crippen molar-refractivity contribution in [2.45, 2.75) is 39.3 Å². The maximum absolute atomic E-state index is 4.57. The molecule has 5 nitrogen and oxygen atoms in total. The van der Waals surface area contributed by atoms with Gasteiger partial charge in [0, 0.05) is 56.3 Å². The van der Waals surface area contributed by atoms with Crippen molar-refractivity contribution < 1.29 is 0 Å². The highest BCUT2D eigenvalue weighted by Crippen LogP contribution is 2.23. The summed E-state index contributed by atoms with van der Waals surface area (Å²) in [6, 6.07) is 0. The van der Waals surface area contributed by atoms with Crippen molar-refractivity contribution in [2.75, 3.05) is 6.54 Å². The normalized spacial score (nSPS) is 12.0. The predicted octanol–water partition coefficient (Wildman–Crippen LogP) is 1.70. The van der Waals surface area contributed by atoms with Gasteiger partial charge in [-0.15, -0.1) is 0 Å². The molecule has 2 aromatic rings. The molecule has 2 aromatic heterocycles. The summed E-state index contributed by atoms with van der Waals surface area (Å²) in [7, 11) is 1.98. The van der Waals surface area contributed by atoms with Crippen LogP contribution in [0.4, 0.5) is 0 Å². The number of rotatable bonds is 5. The molecule has 5 heteroatoms. The lowest BCUT2D eigenvalue weighted by Gasteiger charge is -2.17. The Morgan fingerprint density at radius 3 is 2.74 bits per heavy atom. The van der Waals surface area contributed by atoms with Crippen LogP contribution in [0, 0.1) is 0 Å². The molecule has 0 aliphatic carbocycles. The van der Waals surface area contributed by atoms with E-state index in [2.05, 4.69) is 46.9 Å². The van der Waals surface area contributed by atoms with E-state index in [9.17, 15) is 0 Å². The van der Waals surface area contributed by atoms with Crippen LogP contribution in [0.1, 0.15) is 32.0 Å². The largest absolute Gasteiger partial charge is 0.336 e. The molecule has 0 radical (unpaired) electrons. The van der Waals surface area contributed by atoms with Crippen LogP contribution in [0.3, 0.4) is 0 Å². The molecule has 0 fully saturated rings. The minimum atomic E-state index is 0.0859. The minimum absolute atomic E-state index is 0.0859. The second-order valence-electron chi connectivity index (χ2n) is 5.90. The number of nitrogens with zero attached hydrogens (tertiary/aromatic N) is 4. The fraction of sp³-hybridized carbons (Fsp3) is 0.571. The van der Waals surface area contributed by atoms with E-state index < -0.39 is 0 Å². The number of nitrogens with one attached hydrogen (secondary N) is 1. The summed E-state index contributed by atoms with van der Waals surface area (Å²) in [6.07, 6.45) is 7.72. The van der Waals surface area contributed by atoms with E-state index in [-0.39, 0.29) is 5.41 Å². The topological polar surface area (TPSA) is 47.7 Å². The molecule has 0 amide bonds. The molecule has 0 bridgehead atoms. The maximum atomic E-state index is 4.57. The van der Waals surface area contributed by atoms with Crippen molar-refractivity contribution in [3.8, 4) is 0 Å². The first-order chi connectivity index (χ1) is 8.97. The van der Waals surface area contributed by atoms with Crippen molar-refractivity contribution in [1.82, 2.24) is 24.6 Å². The smallest absolute Gasteiger partial charge is 0.0946 e. The highest BCUT2D eigenvalue weighted by atomic mass is 15.3. The monoisotopic (exact) mass is 261 g/mol. The first-order valence-corrected chi connectivity index (χ1v) is 6.66. The zero-order valence-corrected chi connectivity index (χ0v) is 12.2. The van der Waals surface area contributed by atoms with Crippen molar-refractivity contribution >= 4 is 0 Å². The third-order valence-electron chi connectivity index (χ3n) is 3.04. The molecule has 0 unspecified atom stereocenters. The predicted molar refractivity (Wildman–Crippen MR) is 75.8 cm³/mol. The zero-order valence-electron chi connectivity index (χ0n) is 12.2. The van der Waals surface area contributed by atoms with Gasteiger partial charge in [0.15, 0.2) is 0 Å². The van der Waals surface area contributed by atoms with Crippen LogP contribution >= 0.6 is 0 Å². The Balaban J connectivity index is 1.89. The van der Waals surface area contributed by atoms with E-state index in [1.54, 1.807) is 6.20 Å². The van der Waals surface area contributed by atoms with Gasteiger partial charge in [-0.2, -0.15) is 5.10 Å². The van der Waals surface area contributed by atoms with Gasteiger partial charge in [-0.1, -0.05) is 20.8 Å². The van der Waals surface area contributed by atoms with Crippen LogP contribution < -0.4 is 5.32 Å². The Morgan fingerprint density at radius 1 is 1.32 bits per heavy atom. The van der Waals surface area contributed by atoms with Crippen LogP contribution in [0.2, 0.25) is 0 Å². The quantitative estimate of drug-likeness (QED) is 0.833. The average molecular weight is 261 g/mol. The highest BCUT2D eigenvalue weighted by Gasteiger charge is 2.21. The van der Waals surface area contributed by atoms with E-state index >= 15 is 0 Å². The molecule has 0 aliphatic heterocycles. The van der Waals surface area contributed by atoms with Crippen LogP contribution in [0.15, 0.2) is 24.9 Å². The van der Waals surface area contributed by atoms with E-state index in [4.69, 9.17) is 0 Å². The Labute approximate surface area is 114 Å². The first kappa shape index (κ1) is 13.8. The summed E-state index contributed by atoms with van der Waals surface area (Å²) in [6.45, 7) is 9.31. The second-order valence-corrected chi connectivity index (χ2v) is 5.90. The molecular weight excluding hydrogens is 238 g/mol. The van der Waals surface area contributed by atoms with Gasteiger partial charge >= 0.3 is 0 Å². The van der Waals surface area contributed by atoms with Crippen molar-refractivity contribution in [1.29, 1.82) is 0 Å². The van der Waals surface area contributed by atoms with Gasteiger partial charge in [0.05, 0.1) is 12.0 Å². The summed E-state index contributed by atoms with van der Waals surface area (Å²) >= 11 is 0. The maximum Gasteiger partial charge on any atom is 0.0946 e. The van der Waals surface area contributed by atoms with Crippen LogP contribution in [0.5, 0.6) is 0 Å². The molecule has 1 N–H and O–H groups in total. The van der Waals surface area contributed by atoms with Crippen molar-refractivity contribution in [2.24, 2.45) is 7.05 Å². The lowest BCUT2D eigenvalue weighted by Crippen LogP contribution is -2.22. The molecule has 0 saturated heterocycles. The number of aryl methyl sites for hydroxylation is 1. The average Bonchev–Trinajstić information content (AvgIpc) is 2.93. The van der Waals surface area contributed by atoms with Gasteiger partial charge in [-0.3, -0.25) is 4.68 Å². The van der Waals surface area contributed by atoms with E-state index in [1.165, 1.54) is 11.3 Å². The number of hydrogen-bond donors (Lipinski definition) is 1. The van der Waals surface area contributed by atoms with Gasteiger partial charge in [-0.05, 0) is 0 Å². The van der Waals surface area contributed by atoms with Crippen LogP contribution in [-0.4, -0.2) is 25.9 Å². The van der Waals surface area contributed by atoms with Gasteiger partial charge in [-0.25, -0.2) is 4.98 Å². The molecule has 19 heavy (non-hydrogen) atoms. The van der Waals surface area contributed by atoms with Crippen LogP contribution in [0.25, 0.3) is 0 Å². The fourth-order valence-corrected chi connectivity index (χ4v) is 2.15. The molecule has 0 saturated carbocycles.